The van der Waals surface area contributed by atoms with Gasteiger partial charge in [0.05, 0.1) is 0 Å². The number of hydrogen-bond acceptors (Lipinski definition) is 4. The molecule has 0 aromatic carbocycles. The maximum atomic E-state index is 10.1. The molecule has 0 bridgehead atoms. The number of aliphatic carboxylic acids is 1. The Morgan fingerprint density at radius 3 is 2.60 bits per heavy atom. The molecule has 0 saturated heterocycles. The number of H-pyrrole nitrogens is 1. The number of hydrogen-bond donors (Lipinski definition) is 4. The van der Waals surface area contributed by atoms with Crippen LogP contribution in [0.4, 0.5) is 0 Å². The van der Waals surface area contributed by atoms with Gasteiger partial charge in [-0.25, -0.2) is 0 Å². The summed E-state index contributed by atoms with van der Waals surface area (Å²) in [6, 6.07) is 1.12. The van der Waals surface area contributed by atoms with Gasteiger partial charge in [0, 0.05) is 12.4 Å². The van der Waals surface area contributed by atoms with Crippen LogP contribution in [0.5, 0.6) is 0 Å². The average Bonchev–Trinajstić information content (AvgIpc) is 2.75. The Morgan fingerprint density at radius 2 is 2.27 bits per heavy atom. The van der Waals surface area contributed by atoms with Gasteiger partial charge in [-0.15, -0.1) is 0 Å². The second-order valence-corrected chi connectivity index (χ2v) is 3.00. The molecule has 0 amide bonds. The van der Waals surface area contributed by atoms with Crippen molar-refractivity contribution in [2.45, 2.75) is 25.3 Å². The third-order valence-electron chi connectivity index (χ3n) is 1.69. The molecule has 1 rings (SSSR count). The lowest BCUT2D eigenvalue weighted by atomic mass is 10.1. The van der Waals surface area contributed by atoms with Crippen LogP contribution >= 0.6 is 0 Å². The highest BCUT2D eigenvalue weighted by Gasteiger charge is 2.09. The predicted octanol–water partition coefficient (Wildman–Crippen LogP) is -0.0630. The van der Waals surface area contributed by atoms with E-state index < -0.39 is 12.0 Å². The van der Waals surface area contributed by atoms with Gasteiger partial charge in [0.15, 0.2) is 0 Å². The maximum Gasteiger partial charge on any atom is 0.320 e. The van der Waals surface area contributed by atoms with E-state index in [-0.39, 0.29) is 0 Å². The number of unbranched alkanes of at least 4 members (excludes halogenated alkanes) is 1. The maximum absolute atomic E-state index is 10.1. The summed E-state index contributed by atoms with van der Waals surface area (Å²) in [4.78, 5) is 10.1. The van der Waals surface area contributed by atoms with Crippen molar-refractivity contribution in [3.05, 3.63) is 18.5 Å². The average molecular weight is 214 g/mol. The fourth-order valence-electron chi connectivity index (χ4n) is 0.847. The fraction of sp³-hybridized carbons (Fsp3) is 0.556. The van der Waals surface area contributed by atoms with Crippen LogP contribution in [0.15, 0.2) is 18.5 Å². The summed E-state index contributed by atoms with van der Waals surface area (Å²) < 4.78 is 0. The molecule has 0 aliphatic heterocycles. The third-order valence-corrected chi connectivity index (χ3v) is 1.69. The quantitative estimate of drug-likeness (QED) is 0.512. The van der Waals surface area contributed by atoms with Crippen molar-refractivity contribution in [3.63, 3.8) is 0 Å². The zero-order chi connectivity index (χ0) is 11.5. The van der Waals surface area contributed by atoms with E-state index >= 15 is 0 Å². The molecule has 1 heterocycles. The van der Waals surface area contributed by atoms with E-state index in [1.807, 2.05) is 6.07 Å². The van der Waals surface area contributed by atoms with E-state index in [1.54, 1.807) is 12.4 Å². The van der Waals surface area contributed by atoms with E-state index in [0.717, 1.165) is 12.8 Å². The van der Waals surface area contributed by atoms with Crippen molar-refractivity contribution in [3.8, 4) is 0 Å². The van der Waals surface area contributed by atoms with E-state index in [0.29, 0.717) is 13.0 Å². The van der Waals surface area contributed by atoms with Crippen molar-refractivity contribution >= 4 is 5.97 Å². The first-order valence-electron chi connectivity index (χ1n) is 4.80. The van der Waals surface area contributed by atoms with Gasteiger partial charge >= 0.3 is 5.97 Å². The monoisotopic (exact) mass is 214 g/mol. The SMILES string of the molecule is NCCCCC(N)C(=O)O.c1cn[nH]c1. The summed E-state index contributed by atoms with van der Waals surface area (Å²) in [5, 5.41) is 14.5. The number of carbonyl (C=O) groups is 1. The van der Waals surface area contributed by atoms with Crippen LogP contribution in [0, 0.1) is 0 Å². The molecule has 86 valence electrons. The molecule has 0 spiro atoms. The van der Waals surface area contributed by atoms with Gasteiger partial charge in [-0.05, 0) is 25.5 Å². The molecule has 1 aromatic heterocycles. The zero-order valence-electron chi connectivity index (χ0n) is 8.60. The minimum absolute atomic E-state index is 0.520. The minimum Gasteiger partial charge on any atom is -0.480 e. The van der Waals surface area contributed by atoms with Gasteiger partial charge < -0.3 is 16.6 Å². The Hall–Kier alpha value is -1.40. The second-order valence-electron chi connectivity index (χ2n) is 3.00. The standard InChI is InChI=1S/C6H14N2O2.C3H4N2/c7-4-2-1-3-5(8)6(9)10;1-2-4-5-3-1/h5H,1-4,7-8H2,(H,9,10);1-3H,(H,4,5). The second kappa shape index (κ2) is 9.17. The molecular weight excluding hydrogens is 196 g/mol. The third kappa shape index (κ3) is 8.92. The van der Waals surface area contributed by atoms with Crippen molar-refractivity contribution in [2.75, 3.05) is 6.54 Å². The molecular formula is C9H18N4O2. The van der Waals surface area contributed by atoms with Crippen LogP contribution in [0.25, 0.3) is 0 Å². The summed E-state index contributed by atoms with van der Waals surface area (Å²) in [6.07, 6.45) is 5.62. The van der Waals surface area contributed by atoms with Crippen LogP contribution in [0.2, 0.25) is 0 Å². The molecule has 0 aliphatic rings. The lowest BCUT2D eigenvalue weighted by molar-refractivity contribution is -0.138. The lowest BCUT2D eigenvalue weighted by Crippen LogP contribution is -2.29. The van der Waals surface area contributed by atoms with E-state index in [1.165, 1.54) is 0 Å². The smallest absolute Gasteiger partial charge is 0.320 e. The molecule has 1 aromatic rings. The molecule has 15 heavy (non-hydrogen) atoms. The molecule has 1 unspecified atom stereocenters. The van der Waals surface area contributed by atoms with Gasteiger partial charge in [0.2, 0.25) is 0 Å². The van der Waals surface area contributed by atoms with Crippen LogP contribution in [-0.2, 0) is 4.79 Å². The van der Waals surface area contributed by atoms with Crippen molar-refractivity contribution in [2.24, 2.45) is 11.5 Å². The summed E-state index contributed by atoms with van der Waals surface area (Å²) in [6.45, 7) is 0.604. The summed E-state index contributed by atoms with van der Waals surface area (Å²) in [5.74, 6) is -0.933. The van der Waals surface area contributed by atoms with Crippen molar-refractivity contribution < 1.29 is 9.90 Å². The number of nitrogens with one attached hydrogen (secondary N) is 1. The fourth-order valence-corrected chi connectivity index (χ4v) is 0.847. The highest BCUT2D eigenvalue weighted by Crippen LogP contribution is 1.96. The first kappa shape index (κ1) is 13.6. The largest absolute Gasteiger partial charge is 0.480 e. The number of nitrogens with zero attached hydrogens (tertiary/aromatic N) is 1. The first-order valence-corrected chi connectivity index (χ1v) is 4.80. The van der Waals surface area contributed by atoms with Gasteiger partial charge in [-0.3, -0.25) is 9.89 Å². The number of carboxylic acids is 1. The van der Waals surface area contributed by atoms with E-state index in [9.17, 15) is 4.79 Å². The molecule has 6 N–H and O–H groups in total. The Kier molecular flexibility index (Phi) is 8.31. The molecule has 6 nitrogen and oxygen atoms in total. The summed E-state index contributed by atoms with van der Waals surface area (Å²) in [7, 11) is 0. The Morgan fingerprint density at radius 1 is 1.53 bits per heavy atom. The first-order chi connectivity index (χ1) is 7.18. The van der Waals surface area contributed by atoms with Crippen LogP contribution in [-0.4, -0.2) is 33.9 Å². The number of aromatic amines is 1. The summed E-state index contributed by atoms with van der Waals surface area (Å²) >= 11 is 0. The van der Waals surface area contributed by atoms with Gasteiger partial charge in [-0.1, -0.05) is 6.42 Å². The highest BCUT2D eigenvalue weighted by atomic mass is 16.4. The molecule has 6 heteroatoms. The van der Waals surface area contributed by atoms with E-state index in [2.05, 4.69) is 10.2 Å². The topological polar surface area (TPSA) is 118 Å². The van der Waals surface area contributed by atoms with Crippen LogP contribution < -0.4 is 11.5 Å². The normalized spacial score (nSPS) is 11.3. The highest BCUT2D eigenvalue weighted by molar-refractivity contribution is 5.72. The van der Waals surface area contributed by atoms with Crippen molar-refractivity contribution in [1.82, 2.24) is 10.2 Å². The number of rotatable bonds is 5. The van der Waals surface area contributed by atoms with E-state index in [4.69, 9.17) is 16.6 Å². The minimum atomic E-state index is -0.933. The number of nitrogens with two attached hydrogens (primary N) is 2. The predicted molar refractivity (Wildman–Crippen MR) is 57.1 cm³/mol. The molecule has 0 aliphatic carbocycles. The van der Waals surface area contributed by atoms with Crippen molar-refractivity contribution in [1.29, 1.82) is 0 Å². The summed E-state index contributed by atoms with van der Waals surface area (Å²) in [5.41, 5.74) is 10.4. The lowest BCUT2D eigenvalue weighted by Gasteiger charge is -2.03. The van der Waals surface area contributed by atoms with Gasteiger partial charge in [-0.2, -0.15) is 5.10 Å². The Balaban J connectivity index is 0.000000322. The zero-order valence-corrected chi connectivity index (χ0v) is 8.60. The number of aromatic nitrogens is 2. The van der Waals surface area contributed by atoms with Crippen LogP contribution in [0.3, 0.4) is 0 Å². The van der Waals surface area contributed by atoms with Gasteiger partial charge in [0.1, 0.15) is 6.04 Å². The molecule has 0 radical (unpaired) electrons. The Bertz CT molecular complexity index is 221. The molecule has 1 atom stereocenters. The molecule has 0 fully saturated rings. The molecule has 0 saturated carbocycles. The van der Waals surface area contributed by atoms with Crippen LogP contribution in [0.1, 0.15) is 19.3 Å². The Labute approximate surface area is 88.7 Å². The van der Waals surface area contributed by atoms with Gasteiger partial charge in [0.25, 0.3) is 0 Å². The number of carboxylic acid groups (broad SMARTS) is 1.